The van der Waals surface area contributed by atoms with Crippen LogP contribution in [0.2, 0.25) is 0 Å². The number of non-ortho nitro benzene ring substituents is 1. The third-order valence-electron chi connectivity index (χ3n) is 4.16. The van der Waals surface area contributed by atoms with Crippen LogP contribution >= 0.6 is 0 Å². The smallest absolute Gasteiger partial charge is 0.269 e. The lowest BCUT2D eigenvalue weighted by Crippen LogP contribution is -2.45. The van der Waals surface area contributed by atoms with Crippen molar-refractivity contribution in [2.75, 3.05) is 6.54 Å². The summed E-state index contributed by atoms with van der Waals surface area (Å²) in [6.45, 7) is 6.88. The molecule has 1 aromatic carbocycles. The van der Waals surface area contributed by atoms with Crippen molar-refractivity contribution in [1.82, 2.24) is 10.6 Å². The zero-order valence-corrected chi connectivity index (χ0v) is 14.6. The number of nitro benzene ring substituents is 1. The molecule has 1 fully saturated rings. The van der Waals surface area contributed by atoms with Crippen LogP contribution < -0.4 is 10.6 Å². The molecule has 0 aromatic heterocycles. The number of aliphatic hydroxyl groups excluding tert-OH is 1. The maximum Gasteiger partial charge on any atom is 0.269 e. The van der Waals surface area contributed by atoms with E-state index in [0.717, 1.165) is 36.8 Å². The summed E-state index contributed by atoms with van der Waals surface area (Å²) in [7, 11) is 0. The molecule has 3 N–H and O–H groups in total. The van der Waals surface area contributed by atoms with Crippen LogP contribution in [0.25, 0.3) is 0 Å². The van der Waals surface area contributed by atoms with E-state index in [1.165, 1.54) is 12.1 Å². The van der Waals surface area contributed by atoms with Gasteiger partial charge < -0.3 is 15.7 Å². The van der Waals surface area contributed by atoms with Gasteiger partial charge in [0, 0.05) is 24.7 Å². The Labute approximate surface area is 148 Å². The van der Waals surface area contributed by atoms with Crippen molar-refractivity contribution in [3.05, 3.63) is 52.1 Å². The molecule has 7 nitrogen and oxygen atoms in total. The third-order valence-corrected chi connectivity index (χ3v) is 4.16. The summed E-state index contributed by atoms with van der Waals surface area (Å²) in [5.41, 5.74) is 1.98. The molecule has 2 rings (SSSR count). The average molecular weight is 346 g/mol. The van der Waals surface area contributed by atoms with E-state index in [9.17, 15) is 15.2 Å². The van der Waals surface area contributed by atoms with E-state index in [-0.39, 0.29) is 17.8 Å². The summed E-state index contributed by atoms with van der Waals surface area (Å²) in [5, 5.41) is 27.0. The van der Waals surface area contributed by atoms with Crippen LogP contribution in [0.5, 0.6) is 0 Å². The predicted octanol–water partition coefficient (Wildman–Crippen LogP) is 2.51. The number of benzene rings is 1. The van der Waals surface area contributed by atoms with Gasteiger partial charge in [0.2, 0.25) is 0 Å². The van der Waals surface area contributed by atoms with E-state index in [1.807, 2.05) is 6.92 Å². The fourth-order valence-corrected chi connectivity index (χ4v) is 2.69. The third kappa shape index (κ3) is 6.54. The second kappa shape index (κ2) is 9.17. The van der Waals surface area contributed by atoms with Crippen molar-refractivity contribution in [3.8, 4) is 0 Å². The van der Waals surface area contributed by atoms with Gasteiger partial charge >= 0.3 is 0 Å². The zero-order chi connectivity index (χ0) is 18.2. The molecule has 1 aliphatic carbocycles. The zero-order valence-electron chi connectivity index (χ0n) is 14.6. The number of rotatable bonds is 6. The summed E-state index contributed by atoms with van der Waals surface area (Å²) >= 11 is 0. The van der Waals surface area contributed by atoms with Crippen molar-refractivity contribution in [2.24, 2.45) is 4.99 Å². The number of aliphatic hydroxyl groups is 1. The van der Waals surface area contributed by atoms with Gasteiger partial charge in [0.25, 0.3) is 5.69 Å². The molecular weight excluding hydrogens is 320 g/mol. The van der Waals surface area contributed by atoms with E-state index in [0.29, 0.717) is 19.0 Å². The Kier molecular flexibility index (Phi) is 6.94. The van der Waals surface area contributed by atoms with Crippen LogP contribution in [0.3, 0.4) is 0 Å². The van der Waals surface area contributed by atoms with E-state index < -0.39 is 4.92 Å². The number of aliphatic imine (C=N–C) groups is 1. The van der Waals surface area contributed by atoms with Gasteiger partial charge in [0.15, 0.2) is 5.96 Å². The summed E-state index contributed by atoms with van der Waals surface area (Å²) in [5.74, 6) is 0.697. The van der Waals surface area contributed by atoms with Gasteiger partial charge in [-0.1, -0.05) is 24.3 Å². The van der Waals surface area contributed by atoms with Crippen LogP contribution in [-0.4, -0.2) is 34.7 Å². The molecule has 0 spiro atoms. The Morgan fingerprint density at radius 2 is 1.96 bits per heavy atom. The quantitative estimate of drug-likeness (QED) is 0.242. The van der Waals surface area contributed by atoms with Gasteiger partial charge in [-0.25, -0.2) is 4.99 Å². The first-order chi connectivity index (χ1) is 11.9. The average Bonchev–Trinajstić information content (AvgIpc) is 2.59. The lowest BCUT2D eigenvalue weighted by Gasteiger charge is -2.27. The molecule has 136 valence electrons. The SMILES string of the molecule is C=C(C)CNC(=NCc1ccc([N+](=O)[O-])cc1)NC1CCC(O)CC1. The minimum atomic E-state index is -0.411. The first kappa shape index (κ1) is 18.9. The molecule has 1 aliphatic rings. The Balaban J connectivity index is 1.98. The fraction of sp³-hybridized carbons (Fsp3) is 0.500. The highest BCUT2D eigenvalue weighted by Gasteiger charge is 2.20. The minimum absolute atomic E-state index is 0.0762. The van der Waals surface area contributed by atoms with Crippen molar-refractivity contribution in [2.45, 2.75) is 51.3 Å². The fourth-order valence-electron chi connectivity index (χ4n) is 2.69. The Hall–Kier alpha value is -2.41. The Morgan fingerprint density at radius 1 is 1.32 bits per heavy atom. The van der Waals surface area contributed by atoms with Crippen molar-refractivity contribution < 1.29 is 10.0 Å². The summed E-state index contributed by atoms with van der Waals surface area (Å²) < 4.78 is 0. The standard InChI is InChI=1S/C18H26N4O3/c1-13(2)11-19-18(21-15-5-9-17(23)10-6-15)20-12-14-3-7-16(8-4-14)22(24)25/h3-4,7-8,15,17,23H,1,5-6,9-12H2,2H3,(H2,19,20,21). The molecule has 1 aromatic rings. The van der Waals surface area contributed by atoms with Crippen LogP contribution in [0.1, 0.15) is 38.2 Å². The van der Waals surface area contributed by atoms with Gasteiger partial charge in [-0.3, -0.25) is 10.1 Å². The maximum atomic E-state index is 10.7. The van der Waals surface area contributed by atoms with E-state index >= 15 is 0 Å². The molecule has 1 saturated carbocycles. The van der Waals surface area contributed by atoms with Gasteiger partial charge in [-0.15, -0.1) is 0 Å². The highest BCUT2D eigenvalue weighted by atomic mass is 16.6. The van der Waals surface area contributed by atoms with E-state index in [4.69, 9.17) is 0 Å². The van der Waals surface area contributed by atoms with Crippen LogP contribution in [0.4, 0.5) is 5.69 Å². The topological polar surface area (TPSA) is 99.8 Å². The lowest BCUT2D eigenvalue weighted by molar-refractivity contribution is -0.384. The Bertz CT molecular complexity index is 620. The van der Waals surface area contributed by atoms with Gasteiger partial charge in [0.1, 0.15) is 0 Å². The molecule has 0 unspecified atom stereocenters. The molecule has 0 bridgehead atoms. The monoisotopic (exact) mass is 346 g/mol. The highest BCUT2D eigenvalue weighted by molar-refractivity contribution is 5.80. The molecular formula is C18H26N4O3. The predicted molar refractivity (Wildman–Crippen MR) is 98.5 cm³/mol. The second-order valence-electron chi connectivity index (χ2n) is 6.55. The molecule has 0 heterocycles. The van der Waals surface area contributed by atoms with E-state index in [1.54, 1.807) is 12.1 Å². The summed E-state index contributed by atoms with van der Waals surface area (Å²) in [6.07, 6.45) is 3.22. The lowest BCUT2D eigenvalue weighted by atomic mass is 9.93. The second-order valence-corrected chi connectivity index (χ2v) is 6.55. The van der Waals surface area contributed by atoms with Crippen LogP contribution in [0.15, 0.2) is 41.4 Å². The highest BCUT2D eigenvalue weighted by Crippen LogP contribution is 2.18. The first-order valence-corrected chi connectivity index (χ1v) is 8.54. The van der Waals surface area contributed by atoms with E-state index in [2.05, 4.69) is 22.2 Å². The minimum Gasteiger partial charge on any atom is -0.393 e. The number of guanidine groups is 1. The number of hydrogen-bond donors (Lipinski definition) is 3. The first-order valence-electron chi connectivity index (χ1n) is 8.54. The molecule has 0 aliphatic heterocycles. The van der Waals surface area contributed by atoms with Gasteiger partial charge in [-0.05, 0) is 38.2 Å². The van der Waals surface area contributed by atoms with Crippen LogP contribution in [0, 0.1) is 10.1 Å². The van der Waals surface area contributed by atoms with Gasteiger partial charge in [-0.2, -0.15) is 0 Å². The van der Waals surface area contributed by atoms with Crippen molar-refractivity contribution in [1.29, 1.82) is 0 Å². The van der Waals surface area contributed by atoms with Crippen molar-refractivity contribution >= 4 is 11.6 Å². The normalized spacial score (nSPS) is 20.8. The molecule has 7 heteroatoms. The van der Waals surface area contributed by atoms with Gasteiger partial charge in [0.05, 0.1) is 17.6 Å². The number of nitrogens with zero attached hydrogens (tertiary/aromatic N) is 2. The van der Waals surface area contributed by atoms with Crippen molar-refractivity contribution in [3.63, 3.8) is 0 Å². The molecule has 0 radical (unpaired) electrons. The summed E-state index contributed by atoms with van der Waals surface area (Å²) in [4.78, 5) is 14.9. The molecule has 0 saturated heterocycles. The number of nitro groups is 1. The molecule has 0 atom stereocenters. The largest absolute Gasteiger partial charge is 0.393 e. The summed E-state index contributed by atoms with van der Waals surface area (Å²) in [6, 6.07) is 6.70. The molecule has 25 heavy (non-hydrogen) atoms. The maximum absolute atomic E-state index is 10.7. The number of hydrogen-bond acceptors (Lipinski definition) is 4. The molecule has 0 amide bonds. The van der Waals surface area contributed by atoms with Crippen LogP contribution in [-0.2, 0) is 6.54 Å². The Morgan fingerprint density at radius 3 is 2.52 bits per heavy atom. The number of nitrogens with one attached hydrogen (secondary N) is 2.